The van der Waals surface area contributed by atoms with Gasteiger partial charge < -0.3 is 20.4 Å². The van der Waals surface area contributed by atoms with Crippen molar-refractivity contribution < 1.29 is 9.59 Å². The Morgan fingerprint density at radius 1 is 0.556 bits per heavy atom. The third kappa shape index (κ3) is 5.85. The minimum Gasteiger partial charge on any atom is -0.376 e. The molecule has 182 valence electrons. The molecule has 8 nitrogen and oxygen atoms in total. The topological polar surface area (TPSA) is 90.5 Å². The van der Waals surface area contributed by atoms with Crippen LogP contribution in [0.1, 0.15) is 20.7 Å². The van der Waals surface area contributed by atoms with E-state index in [-0.39, 0.29) is 11.8 Å². The molecule has 0 aliphatic heterocycles. The predicted molar refractivity (Wildman–Crippen MR) is 145 cm³/mol. The second-order valence-electron chi connectivity index (χ2n) is 8.66. The van der Waals surface area contributed by atoms with E-state index in [1.807, 2.05) is 74.4 Å². The van der Waals surface area contributed by atoms with E-state index in [2.05, 4.69) is 20.6 Å². The van der Waals surface area contributed by atoms with E-state index in [0.29, 0.717) is 22.8 Å². The van der Waals surface area contributed by atoms with Gasteiger partial charge in [0.1, 0.15) is 11.6 Å². The maximum atomic E-state index is 12.6. The first-order chi connectivity index (χ1) is 17.3. The van der Waals surface area contributed by atoms with Crippen molar-refractivity contribution in [2.75, 3.05) is 48.6 Å². The molecule has 0 aliphatic rings. The lowest BCUT2D eigenvalue weighted by atomic mass is 10.0. The lowest BCUT2D eigenvalue weighted by molar-refractivity contribution is 0.101. The summed E-state index contributed by atoms with van der Waals surface area (Å²) in [6.45, 7) is 0. The molecule has 0 bridgehead atoms. The summed E-state index contributed by atoms with van der Waals surface area (Å²) in [4.78, 5) is 37.6. The number of anilines is 4. The number of hydrogen-bond acceptors (Lipinski definition) is 6. The molecule has 2 aromatic carbocycles. The van der Waals surface area contributed by atoms with Gasteiger partial charge in [0.25, 0.3) is 11.8 Å². The van der Waals surface area contributed by atoms with E-state index in [9.17, 15) is 9.59 Å². The van der Waals surface area contributed by atoms with E-state index in [1.165, 1.54) is 0 Å². The largest absolute Gasteiger partial charge is 0.376 e. The summed E-state index contributed by atoms with van der Waals surface area (Å²) in [7, 11) is 7.73. The summed E-state index contributed by atoms with van der Waals surface area (Å²) < 4.78 is 0. The molecule has 36 heavy (non-hydrogen) atoms. The van der Waals surface area contributed by atoms with Gasteiger partial charge >= 0.3 is 0 Å². The summed E-state index contributed by atoms with van der Waals surface area (Å²) in [5, 5.41) is 5.62. The molecule has 0 atom stereocenters. The van der Waals surface area contributed by atoms with Crippen LogP contribution >= 0.6 is 0 Å². The van der Waals surface area contributed by atoms with Crippen molar-refractivity contribution in [3.8, 4) is 11.1 Å². The van der Waals surface area contributed by atoms with Crippen molar-refractivity contribution in [2.45, 2.75) is 0 Å². The van der Waals surface area contributed by atoms with Gasteiger partial charge in [-0.25, -0.2) is 9.97 Å². The van der Waals surface area contributed by atoms with Gasteiger partial charge in [0.05, 0.1) is 23.8 Å². The average molecular weight is 481 g/mol. The van der Waals surface area contributed by atoms with Gasteiger partial charge in [0, 0.05) is 39.3 Å². The number of rotatable bonds is 7. The highest BCUT2D eigenvalue weighted by Crippen LogP contribution is 2.22. The zero-order valence-corrected chi connectivity index (χ0v) is 20.7. The van der Waals surface area contributed by atoms with Crippen LogP contribution in [-0.4, -0.2) is 50.0 Å². The molecule has 0 radical (unpaired) electrons. The molecule has 0 fully saturated rings. The van der Waals surface area contributed by atoms with E-state index in [1.54, 1.807) is 48.8 Å². The van der Waals surface area contributed by atoms with E-state index < -0.39 is 0 Å². The Bertz CT molecular complexity index is 1220. The van der Waals surface area contributed by atoms with Crippen LogP contribution in [0.4, 0.5) is 23.0 Å². The van der Waals surface area contributed by atoms with Crippen molar-refractivity contribution in [1.29, 1.82) is 0 Å². The maximum Gasteiger partial charge on any atom is 0.256 e. The Morgan fingerprint density at radius 3 is 1.19 bits per heavy atom. The first kappa shape index (κ1) is 24.4. The quantitative estimate of drug-likeness (QED) is 0.396. The number of nitrogens with zero attached hydrogens (tertiary/aromatic N) is 4. The van der Waals surface area contributed by atoms with Gasteiger partial charge in [-0.15, -0.1) is 0 Å². The fourth-order valence-corrected chi connectivity index (χ4v) is 3.45. The number of carbonyl (C=O) groups excluding carboxylic acids is 2. The van der Waals surface area contributed by atoms with Crippen LogP contribution in [0.25, 0.3) is 11.1 Å². The summed E-state index contributed by atoms with van der Waals surface area (Å²) >= 11 is 0. The van der Waals surface area contributed by atoms with Crippen LogP contribution in [0, 0.1) is 0 Å². The molecule has 8 heteroatoms. The molecular weight excluding hydrogens is 452 g/mol. The number of aromatic nitrogens is 2. The Balaban J connectivity index is 1.38. The fraction of sp³-hybridized carbons (Fsp3) is 0.143. The van der Waals surface area contributed by atoms with Gasteiger partial charge in [-0.05, 0) is 59.7 Å². The smallest absolute Gasteiger partial charge is 0.256 e. The van der Waals surface area contributed by atoms with Crippen LogP contribution in [0.3, 0.4) is 0 Å². The van der Waals surface area contributed by atoms with Gasteiger partial charge in [0.15, 0.2) is 0 Å². The molecule has 2 amide bonds. The third-order valence-corrected chi connectivity index (χ3v) is 5.64. The molecular formula is C28H28N6O2. The van der Waals surface area contributed by atoms with Crippen LogP contribution in [0.15, 0.2) is 85.2 Å². The van der Waals surface area contributed by atoms with E-state index in [4.69, 9.17) is 0 Å². The van der Waals surface area contributed by atoms with Crippen LogP contribution in [0.2, 0.25) is 0 Å². The molecule has 0 saturated carbocycles. The summed E-state index contributed by atoms with van der Waals surface area (Å²) in [5.41, 5.74) is 4.84. The number of pyridine rings is 2. The number of nitrogens with one attached hydrogen (secondary N) is 2. The fourth-order valence-electron chi connectivity index (χ4n) is 3.45. The number of amides is 2. The molecule has 4 aromatic rings. The van der Waals surface area contributed by atoms with Crippen molar-refractivity contribution in [3.63, 3.8) is 0 Å². The molecule has 0 saturated heterocycles. The zero-order chi connectivity index (χ0) is 25.7. The van der Waals surface area contributed by atoms with Crippen LogP contribution < -0.4 is 20.4 Å². The highest BCUT2D eigenvalue weighted by atomic mass is 16.2. The van der Waals surface area contributed by atoms with Gasteiger partial charge in [0.2, 0.25) is 0 Å². The maximum absolute atomic E-state index is 12.6. The van der Waals surface area contributed by atoms with Crippen molar-refractivity contribution in [1.82, 2.24) is 9.97 Å². The SMILES string of the molecule is CN(C)c1ccc(NC(=O)c2ccc(-c3ccc(C(=O)Nc4ccc(N(C)C)cn4)cc3)cc2)nc1. The Hall–Kier alpha value is -4.72. The van der Waals surface area contributed by atoms with Gasteiger partial charge in [-0.3, -0.25) is 9.59 Å². The highest BCUT2D eigenvalue weighted by molar-refractivity contribution is 6.05. The predicted octanol–water partition coefficient (Wildman–Crippen LogP) is 4.78. The zero-order valence-electron chi connectivity index (χ0n) is 20.7. The Kier molecular flexibility index (Phi) is 7.25. The standard InChI is InChI=1S/C28H28N6O2/c1-33(2)23-13-15-25(29-17-23)31-27(35)21-9-5-19(6-10-21)20-7-11-22(12-8-20)28(36)32-26-16-14-24(18-30-26)34(3)4/h5-18H,1-4H3,(H,29,31,35)(H,30,32,36). The number of carbonyl (C=O) groups is 2. The van der Waals surface area contributed by atoms with Gasteiger partial charge in [-0.2, -0.15) is 0 Å². The average Bonchev–Trinajstić information content (AvgIpc) is 2.89. The second kappa shape index (κ2) is 10.7. The molecule has 0 unspecified atom stereocenters. The second-order valence-corrected chi connectivity index (χ2v) is 8.66. The third-order valence-electron chi connectivity index (χ3n) is 5.64. The minimum atomic E-state index is -0.231. The summed E-state index contributed by atoms with van der Waals surface area (Å²) in [6, 6.07) is 21.9. The first-order valence-corrected chi connectivity index (χ1v) is 11.4. The Morgan fingerprint density at radius 2 is 0.917 bits per heavy atom. The monoisotopic (exact) mass is 480 g/mol. The van der Waals surface area contributed by atoms with Crippen LogP contribution in [0.5, 0.6) is 0 Å². The summed E-state index contributed by atoms with van der Waals surface area (Å²) in [5.74, 6) is 0.525. The molecule has 4 rings (SSSR count). The highest BCUT2D eigenvalue weighted by Gasteiger charge is 2.10. The lowest BCUT2D eigenvalue weighted by Crippen LogP contribution is -2.14. The van der Waals surface area contributed by atoms with Crippen molar-refractivity contribution >= 4 is 34.8 Å². The number of benzene rings is 2. The lowest BCUT2D eigenvalue weighted by Gasteiger charge is -2.12. The normalized spacial score (nSPS) is 10.4. The van der Waals surface area contributed by atoms with Crippen molar-refractivity contribution in [3.05, 3.63) is 96.3 Å². The molecule has 2 N–H and O–H groups in total. The number of hydrogen-bond donors (Lipinski definition) is 2. The Labute approximate surface area is 210 Å². The first-order valence-electron chi connectivity index (χ1n) is 11.4. The van der Waals surface area contributed by atoms with E-state index >= 15 is 0 Å². The van der Waals surface area contributed by atoms with Crippen molar-refractivity contribution in [2.24, 2.45) is 0 Å². The van der Waals surface area contributed by atoms with Gasteiger partial charge in [-0.1, -0.05) is 24.3 Å². The molecule has 0 spiro atoms. The minimum absolute atomic E-state index is 0.231. The molecule has 2 heterocycles. The van der Waals surface area contributed by atoms with E-state index in [0.717, 1.165) is 22.5 Å². The summed E-state index contributed by atoms with van der Waals surface area (Å²) in [6.07, 6.45) is 3.42. The van der Waals surface area contributed by atoms with Crippen LogP contribution in [-0.2, 0) is 0 Å². The molecule has 2 aromatic heterocycles. The molecule has 0 aliphatic carbocycles.